The van der Waals surface area contributed by atoms with Crippen molar-refractivity contribution in [2.24, 2.45) is 11.3 Å². The Morgan fingerprint density at radius 2 is 2.08 bits per heavy atom. The summed E-state index contributed by atoms with van der Waals surface area (Å²) in [4.78, 5) is 11.0. The summed E-state index contributed by atoms with van der Waals surface area (Å²) < 4.78 is 31.2. The first-order valence-electron chi connectivity index (χ1n) is 4.57. The number of halogens is 2. The molecule has 0 atom stereocenters. The summed E-state index contributed by atoms with van der Waals surface area (Å²) in [6.45, 7) is 1.56. The summed E-state index contributed by atoms with van der Waals surface area (Å²) in [5, 5.41) is 0. The Labute approximate surface area is 75.3 Å². The van der Waals surface area contributed by atoms with Gasteiger partial charge in [0.2, 0.25) is 0 Å². The Balaban J connectivity index is 2.06. The van der Waals surface area contributed by atoms with Gasteiger partial charge in [-0.2, -0.15) is 8.78 Å². The lowest BCUT2D eigenvalue weighted by Crippen LogP contribution is -2.64. The van der Waals surface area contributed by atoms with E-state index in [-0.39, 0.29) is 6.61 Å². The standard InChI is InChI=1S/C9H12F2O2/c1-2-13-7(12)9(10,11)8-3-6(4-8)5-8/h6H,2-5H2,1H3. The molecule has 0 aromatic rings. The highest BCUT2D eigenvalue weighted by molar-refractivity contribution is 5.79. The van der Waals surface area contributed by atoms with E-state index >= 15 is 0 Å². The highest BCUT2D eigenvalue weighted by Gasteiger charge is 2.73. The smallest absolute Gasteiger partial charge is 0.377 e. The van der Waals surface area contributed by atoms with E-state index in [1.54, 1.807) is 0 Å². The van der Waals surface area contributed by atoms with Crippen LogP contribution < -0.4 is 0 Å². The molecule has 0 amide bonds. The van der Waals surface area contributed by atoms with Crippen molar-refractivity contribution < 1.29 is 18.3 Å². The van der Waals surface area contributed by atoms with Gasteiger partial charge in [-0.25, -0.2) is 4.79 Å². The number of ether oxygens (including phenoxy) is 1. The fraction of sp³-hybridized carbons (Fsp3) is 0.889. The number of esters is 1. The molecule has 3 aliphatic rings. The lowest BCUT2D eigenvalue weighted by Gasteiger charge is -2.63. The first kappa shape index (κ1) is 8.91. The Morgan fingerprint density at radius 1 is 1.54 bits per heavy atom. The zero-order valence-corrected chi connectivity index (χ0v) is 7.48. The van der Waals surface area contributed by atoms with Crippen molar-refractivity contribution >= 4 is 5.97 Å². The molecule has 3 aliphatic carbocycles. The van der Waals surface area contributed by atoms with Crippen LogP contribution in [0.25, 0.3) is 0 Å². The van der Waals surface area contributed by atoms with E-state index < -0.39 is 17.3 Å². The first-order chi connectivity index (χ1) is 6.02. The van der Waals surface area contributed by atoms with E-state index in [4.69, 9.17) is 0 Å². The van der Waals surface area contributed by atoms with Crippen LogP contribution in [0.3, 0.4) is 0 Å². The van der Waals surface area contributed by atoms with Crippen LogP contribution in [0.2, 0.25) is 0 Å². The topological polar surface area (TPSA) is 26.3 Å². The van der Waals surface area contributed by atoms with Gasteiger partial charge < -0.3 is 4.74 Å². The van der Waals surface area contributed by atoms with Crippen LogP contribution in [-0.2, 0) is 9.53 Å². The summed E-state index contributed by atoms with van der Waals surface area (Å²) in [6.07, 6.45) is 1.50. The van der Waals surface area contributed by atoms with Gasteiger partial charge in [0.05, 0.1) is 6.61 Å². The van der Waals surface area contributed by atoms with Crippen molar-refractivity contribution in [1.82, 2.24) is 0 Å². The summed E-state index contributed by atoms with van der Waals surface area (Å²) in [6, 6.07) is 0. The van der Waals surface area contributed by atoms with Crippen LogP contribution in [-0.4, -0.2) is 18.5 Å². The SMILES string of the molecule is CCOC(=O)C(F)(F)C12CC(C1)C2. The molecule has 3 saturated carbocycles. The molecular formula is C9H12F2O2. The summed E-state index contributed by atoms with van der Waals surface area (Å²) in [5.74, 6) is -4.15. The van der Waals surface area contributed by atoms with Crippen LogP contribution in [0, 0.1) is 11.3 Å². The molecular weight excluding hydrogens is 178 g/mol. The lowest BCUT2D eigenvalue weighted by atomic mass is 9.42. The van der Waals surface area contributed by atoms with Gasteiger partial charge in [0.15, 0.2) is 0 Å². The van der Waals surface area contributed by atoms with Crippen molar-refractivity contribution in [2.75, 3.05) is 6.61 Å². The average Bonchev–Trinajstić information content (AvgIpc) is 1.79. The fourth-order valence-corrected chi connectivity index (χ4v) is 2.30. The molecule has 2 bridgehead atoms. The van der Waals surface area contributed by atoms with E-state index in [0.29, 0.717) is 25.2 Å². The highest BCUT2D eigenvalue weighted by Crippen LogP contribution is 2.70. The van der Waals surface area contributed by atoms with Crippen LogP contribution in [0.4, 0.5) is 8.78 Å². The molecule has 0 radical (unpaired) electrons. The van der Waals surface area contributed by atoms with Crippen molar-refractivity contribution in [3.05, 3.63) is 0 Å². The number of carbonyl (C=O) groups is 1. The number of rotatable bonds is 3. The Bertz CT molecular complexity index is 233. The zero-order valence-electron chi connectivity index (χ0n) is 7.48. The molecule has 3 fully saturated rings. The summed E-state index contributed by atoms with van der Waals surface area (Å²) >= 11 is 0. The van der Waals surface area contributed by atoms with Crippen LogP contribution in [0.1, 0.15) is 26.2 Å². The third kappa shape index (κ3) is 0.944. The van der Waals surface area contributed by atoms with E-state index in [2.05, 4.69) is 4.74 Å². The van der Waals surface area contributed by atoms with E-state index in [9.17, 15) is 13.6 Å². The van der Waals surface area contributed by atoms with Gasteiger partial charge in [-0.15, -0.1) is 0 Å². The van der Waals surface area contributed by atoms with Crippen molar-refractivity contribution in [3.63, 3.8) is 0 Å². The van der Waals surface area contributed by atoms with Crippen LogP contribution in [0.15, 0.2) is 0 Å². The maximum atomic E-state index is 13.4. The number of hydrogen-bond acceptors (Lipinski definition) is 2. The van der Waals surface area contributed by atoms with Crippen LogP contribution in [0.5, 0.6) is 0 Å². The number of hydrogen-bond donors (Lipinski definition) is 0. The second kappa shape index (κ2) is 2.42. The Kier molecular flexibility index (Phi) is 1.66. The molecule has 0 spiro atoms. The van der Waals surface area contributed by atoms with Crippen LogP contribution >= 0.6 is 0 Å². The van der Waals surface area contributed by atoms with E-state index in [1.165, 1.54) is 6.92 Å². The molecule has 0 heterocycles. The number of alkyl halides is 2. The molecule has 0 saturated heterocycles. The van der Waals surface area contributed by atoms with E-state index in [0.717, 1.165) is 0 Å². The molecule has 0 aliphatic heterocycles. The van der Waals surface area contributed by atoms with Gasteiger partial charge >= 0.3 is 11.9 Å². The van der Waals surface area contributed by atoms with Crippen molar-refractivity contribution in [1.29, 1.82) is 0 Å². The minimum atomic E-state index is -3.25. The third-order valence-electron chi connectivity index (χ3n) is 3.24. The van der Waals surface area contributed by atoms with Gasteiger partial charge in [-0.05, 0) is 32.1 Å². The Morgan fingerprint density at radius 3 is 2.38 bits per heavy atom. The molecule has 0 N–H and O–H groups in total. The lowest BCUT2D eigenvalue weighted by molar-refractivity contribution is -0.266. The molecule has 0 aromatic carbocycles. The van der Waals surface area contributed by atoms with Gasteiger partial charge in [0, 0.05) is 5.41 Å². The molecule has 74 valence electrons. The third-order valence-corrected chi connectivity index (χ3v) is 3.24. The van der Waals surface area contributed by atoms with Gasteiger partial charge in [0.1, 0.15) is 0 Å². The minimum absolute atomic E-state index is 0.0218. The predicted molar refractivity (Wildman–Crippen MR) is 41.4 cm³/mol. The predicted octanol–water partition coefficient (Wildman–Crippen LogP) is 1.98. The summed E-state index contributed by atoms with van der Waals surface area (Å²) in [5.41, 5.74) is -1.02. The quantitative estimate of drug-likeness (QED) is 0.636. The largest absolute Gasteiger partial charge is 0.462 e. The maximum Gasteiger partial charge on any atom is 0.377 e. The zero-order chi connectivity index (χ0) is 9.69. The van der Waals surface area contributed by atoms with Gasteiger partial charge in [-0.1, -0.05) is 0 Å². The van der Waals surface area contributed by atoms with Crippen molar-refractivity contribution in [2.45, 2.75) is 32.1 Å². The van der Waals surface area contributed by atoms with Crippen molar-refractivity contribution in [3.8, 4) is 0 Å². The average molecular weight is 190 g/mol. The second-order valence-corrected chi connectivity index (χ2v) is 4.05. The molecule has 3 rings (SSSR count). The second-order valence-electron chi connectivity index (χ2n) is 4.05. The minimum Gasteiger partial charge on any atom is -0.462 e. The molecule has 4 heteroatoms. The summed E-state index contributed by atoms with van der Waals surface area (Å²) in [7, 11) is 0. The van der Waals surface area contributed by atoms with Gasteiger partial charge in [-0.3, -0.25) is 0 Å². The molecule has 0 unspecified atom stereocenters. The highest BCUT2D eigenvalue weighted by atomic mass is 19.3. The fourth-order valence-electron chi connectivity index (χ4n) is 2.30. The number of carbonyl (C=O) groups excluding carboxylic acids is 1. The Hall–Kier alpha value is -0.670. The van der Waals surface area contributed by atoms with Gasteiger partial charge in [0.25, 0.3) is 0 Å². The van der Waals surface area contributed by atoms with E-state index in [1.807, 2.05) is 0 Å². The first-order valence-corrected chi connectivity index (χ1v) is 4.57. The monoisotopic (exact) mass is 190 g/mol. The molecule has 2 nitrogen and oxygen atoms in total. The molecule has 0 aromatic heterocycles. The maximum absolute atomic E-state index is 13.4. The molecule has 13 heavy (non-hydrogen) atoms. The normalized spacial score (nSPS) is 36.1.